The highest BCUT2D eigenvalue weighted by Crippen LogP contribution is 2.49. The third kappa shape index (κ3) is 6.04. The number of hydrogen-bond donors (Lipinski definition) is 0. The summed E-state index contributed by atoms with van der Waals surface area (Å²) < 4.78 is 2.40. The van der Waals surface area contributed by atoms with E-state index >= 15 is 0 Å². The Morgan fingerprint density at radius 2 is 0.803 bits per heavy atom. The molecule has 1 heterocycles. The third-order valence-corrected chi connectivity index (χ3v) is 13.5. The summed E-state index contributed by atoms with van der Waals surface area (Å²) in [7, 11) is 0. The Morgan fingerprint density at radius 3 is 1.55 bits per heavy atom. The molecule has 0 unspecified atom stereocenters. The van der Waals surface area contributed by atoms with Gasteiger partial charge in [-0.3, -0.25) is 0 Å². The summed E-state index contributed by atoms with van der Waals surface area (Å²) in [6.45, 7) is 0. The van der Waals surface area contributed by atoms with Crippen molar-refractivity contribution in [1.82, 2.24) is 4.57 Å². The lowest BCUT2D eigenvalue weighted by molar-refractivity contribution is 1.18. The number of benzene rings is 12. The standard InChI is InChI=1S/C64H42N2/c1-4-20-43(21-5-1)62-56-33-15-13-31-53(56)54-39-38-49(42-58(54)63(62)44-22-6-2-7-23-44)65(61-41-46-24-10-11-29-50(46)52-30-12-14-32-55(52)61)48-28-18-25-45(40-48)51-35-19-37-60-64(51)57-34-16-17-36-59(57)66(60)47-26-8-3-9-27-47/h1-42H. The van der Waals surface area contributed by atoms with Crippen LogP contribution in [0.1, 0.15) is 0 Å². The van der Waals surface area contributed by atoms with E-state index in [1.54, 1.807) is 0 Å². The van der Waals surface area contributed by atoms with E-state index in [1.807, 2.05) is 0 Å². The summed E-state index contributed by atoms with van der Waals surface area (Å²) in [5.74, 6) is 0. The monoisotopic (exact) mass is 838 g/mol. The SMILES string of the molecule is c1ccc(-c2c(-c3ccccc3)c3cc(N(c4cccc(-c5cccc6c5c5ccccc5n6-c5ccccc5)c4)c4cc5ccccc5c5ccccc45)ccc3c3ccccc23)cc1. The Bertz CT molecular complexity index is 3980. The number of hydrogen-bond acceptors (Lipinski definition) is 1. The first-order chi connectivity index (χ1) is 32.8. The van der Waals surface area contributed by atoms with Gasteiger partial charge >= 0.3 is 0 Å². The molecule has 13 rings (SSSR count). The van der Waals surface area contributed by atoms with Gasteiger partial charge in [-0.05, 0) is 126 Å². The topological polar surface area (TPSA) is 8.17 Å². The van der Waals surface area contributed by atoms with E-state index in [1.165, 1.54) is 92.7 Å². The second kappa shape index (κ2) is 15.5. The Balaban J connectivity index is 1.11. The lowest BCUT2D eigenvalue weighted by Gasteiger charge is -2.29. The number of para-hydroxylation sites is 2. The predicted octanol–water partition coefficient (Wildman–Crippen LogP) is 17.9. The van der Waals surface area contributed by atoms with Crippen molar-refractivity contribution < 1.29 is 0 Å². The van der Waals surface area contributed by atoms with Crippen molar-refractivity contribution in [3.63, 3.8) is 0 Å². The zero-order chi connectivity index (χ0) is 43.6. The second-order valence-corrected chi connectivity index (χ2v) is 17.2. The Hall–Kier alpha value is -8.72. The van der Waals surface area contributed by atoms with E-state index in [4.69, 9.17) is 0 Å². The summed E-state index contributed by atoms with van der Waals surface area (Å²) in [4.78, 5) is 2.50. The van der Waals surface area contributed by atoms with Crippen molar-refractivity contribution in [3.05, 3.63) is 255 Å². The number of anilines is 3. The van der Waals surface area contributed by atoms with Crippen molar-refractivity contribution in [3.8, 4) is 39.1 Å². The number of aromatic nitrogens is 1. The lowest BCUT2D eigenvalue weighted by atomic mass is 9.85. The first kappa shape index (κ1) is 37.8. The predicted molar refractivity (Wildman–Crippen MR) is 282 cm³/mol. The molecule has 0 atom stereocenters. The van der Waals surface area contributed by atoms with Crippen LogP contribution in [0.15, 0.2) is 255 Å². The van der Waals surface area contributed by atoms with Gasteiger partial charge in [0.05, 0.1) is 16.7 Å². The van der Waals surface area contributed by atoms with Gasteiger partial charge in [0.2, 0.25) is 0 Å². The van der Waals surface area contributed by atoms with Crippen molar-refractivity contribution in [1.29, 1.82) is 0 Å². The zero-order valence-electron chi connectivity index (χ0n) is 36.1. The molecule has 0 saturated heterocycles. The fraction of sp³-hybridized carbons (Fsp3) is 0. The van der Waals surface area contributed by atoms with Crippen LogP contribution in [0.5, 0.6) is 0 Å². The number of nitrogens with zero attached hydrogens (tertiary/aromatic N) is 2. The van der Waals surface area contributed by atoms with Gasteiger partial charge in [0.1, 0.15) is 0 Å². The minimum atomic E-state index is 1.08. The fourth-order valence-electron chi connectivity index (χ4n) is 10.7. The normalized spacial score (nSPS) is 11.6. The lowest BCUT2D eigenvalue weighted by Crippen LogP contribution is -2.11. The molecule has 0 fully saturated rings. The molecule has 0 saturated carbocycles. The molecule has 2 nitrogen and oxygen atoms in total. The average molecular weight is 839 g/mol. The van der Waals surface area contributed by atoms with Gasteiger partial charge in [0.25, 0.3) is 0 Å². The molecule has 1 aromatic heterocycles. The van der Waals surface area contributed by atoms with Gasteiger partial charge in [-0.2, -0.15) is 0 Å². The number of rotatable bonds is 7. The molecule has 0 aliphatic carbocycles. The van der Waals surface area contributed by atoms with Gasteiger partial charge < -0.3 is 9.47 Å². The van der Waals surface area contributed by atoms with E-state index in [2.05, 4.69) is 264 Å². The summed E-state index contributed by atoms with van der Waals surface area (Å²) in [5, 5.41) is 12.3. The maximum absolute atomic E-state index is 2.50. The van der Waals surface area contributed by atoms with Gasteiger partial charge in [-0.25, -0.2) is 0 Å². The highest BCUT2D eigenvalue weighted by molar-refractivity contribution is 6.23. The molecule has 0 amide bonds. The van der Waals surface area contributed by atoms with Crippen LogP contribution in [-0.2, 0) is 0 Å². The molecule has 0 aliphatic heterocycles. The average Bonchev–Trinajstić information content (AvgIpc) is 3.74. The Morgan fingerprint density at radius 1 is 0.288 bits per heavy atom. The van der Waals surface area contributed by atoms with E-state index in [9.17, 15) is 0 Å². The van der Waals surface area contributed by atoms with Gasteiger partial charge in [0, 0.05) is 33.2 Å². The highest BCUT2D eigenvalue weighted by atomic mass is 15.1. The summed E-state index contributed by atoms with van der Waals surface area (Å²) in [5.41, 5.74) is 14.1. The van der Waals surface area contributed by atoms with E-state index in [-0.39, 0.29) is 0 Å². The van der Waals surface area contributed by atoms with Crippen LogP contribution < -0.4 is 4.90 Å². The maximum atomic E-state index is 2.50. The summed E-state index contributed by atoms with van der Waals surface area (Å²) in [6.07, 6.45) is 0. The smallest absolute Gasteiger partial charge is 0.0547 e. The number of fused-ring (bicyclic) bond motifs is 9. The van der Waals surface area contributed by atoms with Crippen LogP contribution in [0.3, 0.4) is 0 Å². The molecule has 66 heavy (non-hydrogen) atoms. The molecule has 0 aliphatic rings. The molecular formula is C64H42N2. The fourth-order valence-corrected chi connectivity index (χ4v) is 10.7. The van der Waals surface area contributed by atoms with Crippen molar-refractivity contribution in [2.75, 3.05) is 4.90 Å². The molecule has 0 N–H and O–H groups in total. The van der Waals surface area contributed by atoms with Crippen LogP contribution in [0.2, 0.25) is 0 Å². The Kier molecular flexibility index (Phi) is 8.89. The van der Waals surface area contributed by atoms with Gasteiger partial charge in [0.15, 0.2) is 0 Å². The minimum absolute atomic E-state index is 1.08. The van der Waals surface area contributed by atoms with Gasteiger partial charge in [-0.1, -0.05) is 200 Å². The maximum Gasteiger partial charge on any atom is 0.0547 e. The minimum Gasteiger partial charge on any atom is -0.310 e. The second-order valence-electron chi connectivity index (χ2n) is 17.2. The van der Waals surface area contributed by atoms with Crippen LogP contribution in [0.4, 0.5) is 17.1 Å². The van der Waals surface area contributed by atoms with Crippen LogP contribution >= 0.6 is 0 Å². The molecule has 0 spiro atoms. The van der Waals surface area contributed by atoms with E-state index < -0.39 is 0 Å². The summed E-state index contributed by atoms with van der Waals surface area (Å²) in [6, 6.07) is 93.4. The quantitative estimate of drug-likeness (QED) is 0.145. The third-order valence-electron chi connectivity index (χ3n) is 13.5. The van der Waals surface area contributed by atoms with Crippen LogP contribution in [0, 0.1) is 0 Å². The largest absolute Gasteiger partial charge is 0.310 e. The highest BCUT2D eigenvalue weighted by Gasteiger charge is 2.23. The van der Waals surface area contributed by atoms with E-state index in [0.717, 1.165) is 28.3 Å². The molecule has 2 heteroatoms. The molecular weight excluding hydrogens is 797 g/mol. The molecule has 13 aromatic rings. The molecule has 0 bridgehead atoms. The Labute approximate surface area is 383 Å². The van der Waals surface area contributed by atoms with Crippen LogP contribution in [-0.4, -0.2) is 4.57 Å². The first-order valence-electron chi connectivity index (χ1n) is 22.8. The first-order valence-corrected chi connectivity index (χ1v) is 22.8. The van der Waals surface area contributed by atoms with Crippen LogP contribution in [0.25, 0.3) is 104 Å². The molecule has 0 radical (unpaired) electrons. The van der Waals surface area contributed by atoms with Gasteiger partial charge in [-0.15, -0.1) is 0 Å². The summed E-state index contributed by atoms with van der Waals surface area (Å²) >= 11 is 0. The van der Waals surface area contributed by atoms with Crippen molar-refractivity contribution >= 4 is 82.0 Å². The van der Waals surface area contributed by atoms with Crippen molar-refractivity contribution in [2.24, 2.45) is 0 Å². The van der Waals surface area contributed by atoms with Crippen molar-refractivity contribution in [2.45, 2.75) is 0 Å². The van der Waals surface area contributed by atoms with E-state index in [0.29, 0.717) is 0 Å². The zero-order valence-corrected chi connectivity index (χ0v) is 36.1. The molecule has 308 valence electrons. The molecule has 12 aromatic carbocycles.